The number of aryl methyl sites for hydroxylation is 2. The topological polar surface area (TPSA) is 15.3 Å². The highest BCUT2D eigenvalue weighted by Gasteiger charge is 2.03. The van der Waals surface area contributed by atoms with Gasteiger partial charge in [-0.3, -0.25) is 0 Å². The van der Waals surface area contributed by atoms with Gasteiger partial charge in [-0.1, -0.05) is 0 Å². The molecule has 1 N–H and O–H groups in total. The lowest BCUT2D eigenvalue weighted by molar-refractivity contribution is 0.268. The number of nitrogens with one attached hydrogen (secondary N) is 1. The van der Waals surface area contributed by atoms with E-state index in [0.717, 1.165) is 13.1 Å². The molecule has 2 nitrogen and oxygen atoms in total. The summed E-state index contributed by atoms with van der Waals surface area (Å²) in [7, 11) is 2.20. The van der Waals surface area contributed by atoms with Crippen LogP contribution in [0.3, 0.4) is 0 Å². The second kappa shape index (κ2) is 7.93. The van der Waals surface area contributed by atoms with Gasteiger partial charge in [-0.05, 0) is 72.3 Å². The van der Waals surface area contributed by atoms with Crippen LogP contribution in [0.4, 0.5) is 0 Å². The van der Waals surface area contributed by atoms with E-state index in [-0.39, 0.29) is 0 Å². The molecule has 1 rings (SSSR count). The zero-order chi connectivity index (χ0) is 13.5. The summed E-state index contributed by atoms with van der Waals surface area (Å²) >= 11 is 1.90. The van der Waals surface area contributed by atoms with Crippen LogP contribution in [0.2, 0.25) is 0 Å². The van der Waals surface area contributed by atoms with Gasteiger partial charge >= 0.3 is 0 Å². The van der Waals surface area contributed by atoms with E-state index in [1.165, 1.54) is 34.7 Å². The Bertz CT molecular complexity index is 344. The van der Waals surface area contributed by atoms with Gasteiger partial charge in [0.05, 0.1) is 0 Å². The van der Waals surface area contributed by atoms with Gasteiger partial charge in [0.15, 0.2) is 0 Å². The number of rotatable bonds is 8. The first kappa shape index (κ1) is 15.7. The SMILES string of the molecule is Cc1cc(CNCCCCN(C)C(C)C)c(C)s1. The summed E-state index contributed by atoms with van der Waals surface area (Å²) in [6.45, 7) is 12.3. The predicted molar refractivity (Wildman–Crippen MR) is 82.5 cm³/mol. The zero-order valence-electron chi connectivity index (χ0n) is 12.5. The fraction of sp³-hybridized carbons (Fsp3) is 0.733. The summed E-state index contributed by atoms with van der Waals surface area (Å²) in [5, 5.41) is 3.55. The monoisotopic (exact) mass is 268 g/mol. The molecule has 0 aliphatic carbocycles. The van der Waals surface area contributed by atoms with Crippen molar-refractivity contribution in [2.45, 2.75) is 53.1 Å². The quantitative estimate of drug-likeness (QED) is 0.725. The lowest BCUT2D eigenvalue weighted by Crippen LogP contribution is -2.27. The molecular formula is C15H28N2S. The van der Waals surface area contributed by atoms with Gasteiger partial charge in [0, 0.05) is 22.3 Å². The van der Waals surface area contributed by atoms with E-state index < -0.39 is 0 Å². The summed E-state index contributed by atoms with van der Waals surface area (Å²) in [5.41, 5.74) is 1.47. The molecule has 18 heavy (non-hydrogen) atoms. The molecule has 0 radical (unpaired) electrons. The summed E-state index contributed by atoms with van der Waals surface area (Å²) in [4.78, 5) is 5.29. The fourth-order valence-corrected chi connectivity index (χ4v) is 2.90. The van der Waals surface area contributed by atoms with Gasteiger partial charge in [-0.15, -0.1) is 11.3 Å². The molecule has 1 aromatic heterocycles. The fourth-order valence-electron chi connectivity index (χ4n) is 1.95. The molecule has 0 unspecified atom stereocenters. The van der Waals surface area contributed by atoms with Crippen LogP contribution in [0.15, 0.2) is 6.07 Å². The van der Waals surface area contributed by atoms with E-state index >= 15 is 0 Å². The molecule has 0 spiro atoms. The Morgan fingerprint density at radius 1 is 1.28 bits per heavy atom. The minimum absolute atomic E-state index is 0.661. The van der Waals surface area contributed by atoms with Crippen LogP contribution in [0.1, 0.15) is 42.0 Å². The molecular weight excluding hydrogens is 240 g/mol. The van der Waals surface area contributed by atoms with Crippen LogP contribution >= 0.6 is 11.3 Å². The third kappa shape index (κ3) is 5.51. The number of hydrogen-bond acceptors (Lipinski definition) is 3. The molecule has 104 valence electrons. The lowest BCUT2D eigenvalue weighted by atomic mass is 10.2. The van der Waals surface area contributed by atoms with Gasteiger partial charge in [0.2, 0.25) is 0 Å². The van der Waals surface area contributed by atoms with E-state index in [1.54, 1.807) is 0 Å². The first-order chi connectivity index (χ1) is 8.50. The zero-order valence-corrected chi connectivity index (χ0v) is 13.4. The normalized spacial score (nSPS) is 11.7. The van der Waals surface area contributed by atoms with Crippen LogP contribution < -0.4 is 5.32 Å². The van der Waals surface area contributed by atoms with Crippen molar-refractivity contribution < 1.29 is 0 Å². The van der Waals surface area contributed by atoms with Crippen LogP contribution in [-0.2, 0) is 6.54 Å². The summed E-state index contributed by atoms with van der Waals surface area (Å²) < 4.78 is 0. The molecule has 1 aromatic rings. The van der Waals surface area contributed by atoms with Crippen molar-refractivity contribution in [1.29, 1.82) is 0 Å². The molecule has 0 saturated carbocycles. The highest BCUT2D eigenvalue weighted by molar-refractivity contribution is 7.12. The molecule has 0 atom stereocenters. The van der Waals surface area contributed by atoms with Crippen molar-refractivity contribution in [2.24, 2.45) is 0 Å². The maximum absolute atomic E-state index is 3.55. The molecule has 0 amide bonds. The minimum Gasteiger partial charge on any atom is -0.313 e. The highest BCUT2D eigenvalue weighted by atomic mass is 32.1. The molecule has 1 heterocycles. The molecule has 0 saturated heterocycles. The van der Waals surface area contributed by atoms with Gasteiger partial charge < -0.3 is 10.2 Å². The Morgan fingerprint density at radius 2 is 2.00 bits per heavy atom. The van der Waals surface area contributed by atoms with E-state index in [9.17, 15) is 0 Å². The second-order valence-electron chi connectivity index (χ2n) is 5.40. The number of unbranched alkanes of at least 4 members (excludes halogenated alkanes) is 1. The van der Waals surface area contributed by atoms with Crippen LogP contribution in [-0.4, -0.2) is 31.1 Å². The summed E-state index contributed by atoms with van der Waals surface area (Å²) in [5.74, 6) is 0. The van der Waals surface area contributed by atoms with Gasteiger partial charge in [0.1, 0.15) is 0 Å². The highest BCUT2D eigenvalue weighted by Crippen LogP contribution is 2.20. The average Bonchev–Trinajstić information content (AvgIpc) is 2.61. The van der Waals surface area contributed by atoms with Crippen molar-refractivity contribution in [3.8, 4) is 0 Å². The van der Waals surface area contributed by atoms with E-state index in [0.29, 0.717) is 6.04 Å². The molecule has 3 heteroatoms. The lowest BCUT2D eigenvalue weighted by Gasteiger charge is -2.20. The Kier molecular flexibility index (Phi) is 6.90. The van der Waals surface area contributed by atoms with Crippen molar-refractivity contribution in [3.63, 3.8) is 0 Å². The van der Waals surface area contributed by atoms with Crippen molar-refractivity contribution in [3.05, 3.63) is 21.4 Å². The van der Waals surface area contributed by atoms with Crippen molar-refractivity contribution >= 4 is 11.3 Å². The van der Waals surface area contributed by atoms with E-state index in [1.807, 2.05) is 11.3 Å². The third-order valence-electron chi connectivity index (χ3n) is 3.46. The summed E-state index contributed by atoms with van der Waals surface area (Å²) in [6, 6.07) is 2.97. The van der Waals surface area contributed by atoms with E-state index in [4.69, 9.17) is 0 Å². The number of hydrogen-bond donors (Lipinski definition) is 1. The predicted octanol–water partition coefficient (Wildman–Crippen LogP) is 3.57. The molecule has 0 aliphatic rings. The van der Waals surface area contributed by atoms with Gasteiger partial charge in [0.25, 0.3) is 0 Å². The Morgan fingerprint density at radius 3 is 2.56 bits per heavy atom. The first-order valence-corrected chi connectivity index (χ1v) is 7.79. The third-order valence-corrected chi connectivity index (χ3v) is 4.46. The largest absolute Gasteiger partial charge is 0.313 e. The van der Waals surface area contributed by atoms with Crippen LogP contribution in [0.5, 0.6) is 0 Å². The Balaban J connectivity index is 2.07. The van der Waals surface area contributed by atoms with Crippen LogP contribution in [0, 0.1) is 13.8 Å². The van der Waals surface area contributed by atoms with Crippen LogP contribution in [0.25, 0.3) is 0 Å². The van der Waals surface area contributed by atoms with Gasteiger partial charge in [-0.25, -0.2) is 0 Å². The maximum Gasteiger partial charge on any atom is 0.0216 e. The molecule has 0 aliphatic heterocycles. The molecule has 0 fully saturated rings. The summed E-state index contributed by atoms with van der Waals surface area (Å²) in [6.07, 6.45) is 2.54. The molecule has 0 aromatic carbocycles. The number of nitrogens with zero attached hydrogens (tertiary/aromatic N) is 1. The van der Waals surface area contributed by atoms with Crippen molar-refractivity contribution in [1.82, 2.24) is 10.2 Å². The average molecular weight is 268 g/mol. The first-order valence-electron chi connectivity index (χ1n) is 6.97. The second-order valence-corrected chi connectivity index (χ2v) is 6.86. The molecule has 0 bridgehead atoms. The Hall–Kier alpha value is -0.380. The van der Waals surface area contributed by atoms with E-state index in [2.05, 4.69) is 51.0 Å². The van der Waals surface area contributed by atoms with Gasteiger partial charge in [-0.2, -0.15) is 0 Å². The standard InChI is InChI=1S/C15H28N2S/c1-12(2)17(5)9-7-6-8-16-11-15-10-13(3)18-14(15)4/h10,12,16H,6-9,11H2,1-5H3. The smallest absolute Gasteiger partial charge is 0.0216 e. The number of thiophene rings is 1. The maximum atomic E-state index is 3.55. The minimum atomic E-state index is 0.661. The van der Waals surface area contributed by atoms with Crippen molar-refractivity contribution in [2.75, 3.05) is 20.1 Å². The Labute approximate surface area is 116 Å².